The summed E-state index contributed by atoms with van der Waals surface area (Å²) in [5.41, 5.74) is 25.8. The maximum Gasteiger partial charge on any atom is 0.165 e. The van der Waals surface area contributed by atoms with Crippen LogP contribution in [0.2, 0.25) is 0 Å². The number of para-hydroxylation sites is 2. The fraction of sp³-hybridized carbons (Fsp3) is 0.294. The van der Waals surface area contributed by atoms with Crippen LogP contribution in [0.15, 0.2) is 133 Å². The molecule has 0 heterocycles. The summed E-state index contributed by atoms with van der Waals surface area (Å²) in [5.74, 6) is 1.98. The average molecular weight is 945 g/mol. The lowest BCUT2D eigenvalue weighted by Crippen LogP contribution is -2.27. The van der Waals surface area contributed by atoms with Gasteiger partial charge in [0.2, 0.25) is 0 Å². The molecule has 0 radical (unpaired) electrons. The van der Waals surface area contributed by atoms with Gasteiger partial charge in [-0.25, -0.2) is 0 Å². The molecule has 1 unspecified atom stereocenters. The second-order valence-corrected chi connectivity index (χ2v) is 21.5. The standard InChI is InChI=1S/C68H64O4/c1-41-35-57(65(69)59(37-41)63-47-23-7-3-19-43(47)39-44-20-4-8-24-48(44)63)53-29-15-17-33-61(53)71-67-55-31-13-11-27-51(55)52-28-12-14-32-56(52)68(67)72-62-34-18-16-30-54(62)58-36-42(2)38-60(66(58)70)64-49-25-9-5-21-45(49)40-46-22-6-10-26-50(46)64/h11-18,27-40,67-70H,3-10,19-26H2,1-2H3/t67-,68?/m1/s1. The Morgan fingerprint density at radius 1 is 0.333 bits per heavy atom. The number of benzene rings is 8. The predicted molar refractivity (Wildman–Crippen MR) is 293 cm³/mol. The van der Waals surface area contributed by atoms with E-state index in [0.29, 0.717) is 23.0 Å². The number of phenols is 2. The van der Waals surface area contributed by atoms with E-state index in [0.717, 1.165) is 118 Å². The highest BCUT2D eigenvalue weighted by Gasteiger charge is 2.39. The number of ether oxygens (including phenoxy) is 2. The average Bonchev–Trinajstić information content (AvgIpc) is 3.42. The van der Waals surface area contributed by atoms with E-state index in [-0.39, 0.29) is 0 Å². The molecule has 0 spiro atoms. The molecular formula is C68H64O4. The number of phenolic OH excluding ortho intramolecular Hbond substituents is 2. The minimum absolute atomic E-state index is 0.313. The van der Waals surface area contributed by atoms with Crippen molar-refractivity contribution >= 4 is 0 Å². The van der Waals surface area contributed by atoms with Crippen molar-refractivity contribution in [2.45, 2.75) is 129 Å². The Labute approximate surface area is 425 Å². The Hall–Kier alpha value is -7.04. The molecule has 72 heavy (non-hydrogen) atoms. The molecule has 8 aromatic rings. The summed E-state index contributed by atoms with van der Waals surface area (Å²) in [6.07, 6.45) is 17.1. The van der Waals surface area contributed by atoms with Gasteiger partial charge in [-0.05, 0) is 231 Å². The lowest BCUT2D eigenvalue weighted by molar-refractivity contribution is 0.0517. The first-order chi connectivity index (χ1) is 35.4. The largest absolute Gasteiger partial charge is 0.507 e. The third-order valence-electron chi connectivity index (χ3n) is 17.0. The number of rotatable bonds is 8. The molecular weight excluding hydrogens is 881 g/mol. The van der Waals surface area contributed by atoms with Gasteiger partial charge in [0.1, 0.15) is 23.0 Å². The number of aryl methyl sites for hydroxylation is 6. The van der Waals surface area contributed by atoms with E-state index in [2.05, 4.69) is 111 Å². The van der Waals surface area contributed by atoms with Crippen molar-refractivity contribution in [2.75, 3.05) is 0 Å². The molecule has 4 nitrogen and oxygen atoms in total. The Kier molecular flexibility index (Phi) is 11.5. The topological polar surface area (TPSA) is 58.9 Å². The highest BCUT2D eigenvalue weighted by atomic mass is 16.5. The van der Waals surface area contributed by atoms with Crippen molar-refractivity contribution in [3.63, 3.8) is 0 Å². The molecule has 8 aromatic carbocycles. The van der Waals surface area contributed by atoms with Crippen LogP contribution in [0.1, 0.15) is 130 Å². The molecule has 0 fully saturated rings. The quantitative estimate of drug-likeness (QED) is 0.159. The molecule has 0 saturated carbocycles. The Morgan fingerprint density at radius 2 is 0.639 bits per heavy atom. The third-order valence-corrected chi connectivity index (χ3v) is 17.0. The molecule has 0 aromatic heterocycles. The van der Waals surface area contributed by atoms with Gasteiger partial charge in [0.15, 0.2) is 12.2 Å². The Bertz CT molecular complexity index is 3150. The smallest absolute Gasteiger partial charge is 0.165 e. The van der Waals surface area contributed by atoms with Gasteiger partial charge >= 0.3 is 0 Å². The SMILES string of the molecule is Cc1cc(-c2ccccc2OC2c3ccccc3-c3ccccc3[C@H]2Oc2ccccc2-c2cc(C)cc(-c3c4c(cc5c3CCCC5)CCCC4)c2O)c(O)c(-c2c3c(cc4c2CCCC4)CCCC3)c1. The molecule has 0 aliphatic heterocycles. The zero-order valence-electron chi connectivity index (χ0n) is 41.9. The van der Waals surface area contributed by atoms with Gasteiger partial charge in [0, 0.05) is 44.5 Å². The van der Waals surface area contributed by atoms with Gasteiger partial charge < -0.3 is 19.7 Å². The molecule has 360 valence electrons. The minimum atomic E-state index is -0.575. The number of fused-ring (bicyclic) bond motifs is 7. The van der Waals surface area contributed by atoms with Crippen LogP contribution in [0.5, 0.6) is 23.0 Å². The van der Waals surface area contributed by atoms with E-state index in [1.54, 1.807) is 0 Å². The lowest BCUT2D eigenvalue weighted by atomic mass is 9.76. The number of hydrogen-bond donors (Lipinski definition) is 2. The van der Waals surface area contributed by atoms with E-state index >= 15 is 0 Å². The normalized spacial score (nSPS) is 17.6. The highest BCUT2D eigenvalue weighted by Crippen LogP contribution is 2.54. The van der Waals surface area contributed by atoms with Gasteiger partial charge in [-0.2, -0.15) is 0 Å². The predicted octanol–water partition coefficient (Wildman–Crippen LogP) is 16.8. The second-order valence-electron chi connectivity index (χ2n) is 21.5. The van der Waals surface area contributed by atoms with E-state index in [1.165, 1.54) is 107 Å². The molecule has 5 aliphatic carbocycles. The fourth-order valence-electron chi connectivity index (χ4n) is 13.7. The van der Waals surface area contributed by atoms with E-state index < -0.39 is 12.2 Å². The maximum absolute atomic E-state index is 12.8. The van der Waals surface area contributed by atoms with Gasteiger partial charge in [-0.15, -0.1) is 0 Å². The number of aromatic hydroxyl groups is 2. The van der Waals surface area contributed by atoms with Crippen molar-refractivity contribution in [2.24, 2.45) is 0 Å². The highest BCUT2D eigenvalue weighted by molar-refractivity contribution is 5.90. The van der Waals surface area contributed by atoms with Crippen LogP contribution in [-0.4, -0.2) is 10.2 Å². The lowest BCUT2D eigenvalue weighted by Gasteiger charge is -2.36. The molecule has 5 aliphatic rings. The van der Waals surface area contributed by atoms with Crippen LogP contribution in [0, 0.1) is 13.8 Å². The second kappa shape index (κ2) is 18.5. The van der Waals surface area contributed by atoms with Gasteiger partial charge in [0.05, 0.1) is 0 Å². The first-order valence-electron chi connectivity index (χ1n) is 27.1. The minimum Gasteiger partial charge on any atom is -0.507 e. The molecule has 0 bridgehead atoms. The van der Waals surface area contributed by atoms with E-state index in [4.69, 9.17) is 9.47 Å². The van der Waals surface area contributed by atoms with E-state index in [9.17, 15) is 10.2 Å². The van der Waals surface area contributed by atoms with Crippen molar-refractivity contribution in [1.29, 1.82) is 0 Å². The third kappa shape index (κ3) is 7.72. The number of hydrogen-bond acceptors (Lipinski definition) is 4. The summed E-state index contributed by atoms with van der Waals surface area (Å²) >= 11 is 0. The van der Waals surface area contributed by atoms with Crippen molar-refractivity contribution in [1.82, 2.24) is 0 Å². The van der Waals surface area contributed by atoms with Gasteiger partial charge in [-0.3, -0.25) is 0 Å². The molecule has 4 heteroatoms. The molecule has 0 amide bonds. The summed E-state index contributed by atoms with van der Waals surface area (Å²) in [6.45, 7) is 4.31. The first kappa shape index (κ1) is 44.9. The molecule has 2 atom stereocenters. The fourth-order valence-corrected chi connectivity index (χ4v) is 13.7. The van der Waals surface area contributed by atoms with E-state index in [1.807, 2.05) is 36.4 Å². The van der Waals surface area contributed by atoms with Gasteiger partial charge in [0.25, 0.3) is 0 Å². The summed E-state index contributed by atoms with van der Waals surface area (Å²) in [4.78, 5) is 0. The molecule has 2 N–H and O–H groups in total. The zero-order chi connectivity index (χ0) is 48.5. The Morgan fingerprint density at radius 3 is 1.01 bits per heavy atom. The molecule has 13 rings (SSSR count). The Balaban J connectivity index is 0.929. The van der Waals surface area contributed by atoms with Crippen molar-refractivity contribution < 1.29 is 19.7 Å². The summed E-state index contributed by atoms with van der Waals surface area (Å²) < 4.78 is 15.0. The monoisotopic (exact) mass is 944 g/mol. The van der Waals surface area contributed by atoms with Crippen LogP contribution in [-0.2, 0) is 51.4 Å². The van der Waals surface area contributed by atoms with Crippen LogP contribution in [0.3, 0.4) is 0 Å². The van der Waals surface area contributed by atoms with Crippen molar-refractivity contribution in [3.8, 4) is 78.6 Å². The summed E-state index contributed by atoms with van der Waals surface area (Å²) in [7, 11) is 0. The molecule has 0 saturated heterocycles. The van der Waals surface area contributed by atoms with Gasteiger partial charge in [-0.1, -0.05) is 97.1 Å². The van der Waals surface area contributed by atoms with Crippen molar-refractivity contribution in [3.05, 3.63) is 200 Å². The van der Waals surface area contributed by atoms with Crippen LogP contribution in [0.25, 0.3) is 55.6 Å². The van der Waals surface area contributed by atoms with Crippen LogP contribution < -0.4 is 9.47 Å². The summed E-state index contributed by atoms with van der Waals surface area (Å²) in [6, 6.07) is 47.2. The summed E-state index contributed by atoms with van der Waals surface area (Å²) in [5, 5.41) is 25.6. The first-order valence-corrected chi connectivity index (χ1v) is 27.1. The van der Waals surface area contributed by atoms with Crippen LogP contribution in [0.4, 0.5) is 0 Å². The van der Waals surface area contributed by atoms with Crippen LogP contribution >= 0.6 is 0 Å². The zero-order valence-corrected chi connectivity index (χ0v) is 41.9. The maximum atomic E-state index is 12.8.